The van der Waals surface area contributed by atoms with E-state index >= 15 is 0 Å². The number of nitrogens with zero attached hydrogens (tertiary/aromatic N) is 1. The van der Waals surface area contributed by atoms with Gasteiger partial charge in [-0.15, -0.1) is 0 Å². The van der Waals surface area contributed by atoms with E-state index in [0.717, 1.165) is 12.5 Å². The van der Waals surface area contributed by atoms with E-state index in [1.165, 1.54) is 29.3 Å². The fraction of sp³-hybridized carbons (Fsp3) is 0.571. The van der Waals surface area contributed by atoms with Crippen LogP contribution >= 0.6 is 0 Å². The fourth-order valence-electron chi connectivity index (χ4n) is 6.08. The summed E-state index contributed by atoms with van der Waals surface area (Å²) in [5, 5.41) is 0. The molecule has 2 aromatic carbocycles. The molecule has 1 aliphatic carbocycles. The van der Waals surface area contributed by atoms with Crippen molar-refractivity contribution in [2.24, 2.45) is 11.8 Å². The number of hydrogen-bond acceptors (Lipinski definition) is 3. The summed E-state index contributed by atoms with van der Waals surface area (Å²) >= 11 is 0.379. The summed E-state index contributed by atoms with van der Waals surface area (Å²) in [7, 11) is 0. The van der Waals surface area contributed by atoms with Gasteiger partial charge in [0.25, 0.3) is 0 Å². The minimum absolute atomic E-state index is 0.00775. The summed E-state index contributed by atoms with van der Waals surface area (Å²) in [6.07, 6.45) is 4.27. The molecule has 7 atom stereocenters. The average Bonchev–Trinajstić information content (AvgIpc) is 2.79. The Kier molecular flexibility index (Phi) is 6.53. The molecule has 2 heterocycles. The Labute approximate surface area is 200 Å². The molecule has 0 bridgehead atoms. The molecule has 1 saturated carbocycles. The van der Waals surface area contributed by atoms with Gasteiger partial charge in [-0.3, -0.25) is 0 Å². The zero-order valence-corrected chi connectivity index (χ0v) is 21.5. The van der Waals surface area contributed by atoms with Crippen LogP contribution in [0.3, 0.4) is 0 Å². The summed E-state index contributed by atoms with van der Waals surface area (Å²) in [5.41, 5.74) is 1.35. The Morgan fingerprint density at radius 1 is 0.969 bits per heavy atom. The van der Waals surface area contributed by atoms with E-state index in [9.17, 15) is 0 Å². The van der Waals surface area contributed by atoms with E-state index in [1.54, 1.807) is 0 Å². The van der Waals surface area contributed by atoms with Crippen LogP contribution in [-0.4, -0.2) is 50.4 Å². The Hall–Kier alpha value is -1.16. The molecule has 3 aliphatic rings. The summed E-state index contributed by atoms with van der Waals surface area (Å²) in [5.74, 6) is 1.35. The van der Waals surface area contributed by atoms with E-state index in [1.807, 2.05) is 0 Å². The minimum atomic E-state index is -0.0403. The Balaban J connectivity index is 1.45. The third kappa shape index (κ3) is 4.33. The molecule has 0 spiro atoms. The summed E-state index contributed by atoms with van der Waals surface area (Å²) in [6.45, 7) is 10.6. The van der Waals surface area contributed by atoms with E-state index < -0.39 is 0 Å². The van der Waals surface area contributed by atoms with Crippen LogP contribution in [0.1, 0.15) is 58.6 Å². The van der Waals surface area contributed by atoms with Gasteiger partial charge >= 0.3 is 200 Å². The van der Waals surface area contributed by atoms with Crippen molar-refractivity contribution in [3.8, 4) is 0 Å². The van der Waals surface area contributed by atoms with Gasteiger partial charge in [0.1, 0.15) is 0 Å². The molecule has 0 radical (unpaired) electrons. The molecule has 0 N–H and O–H groups in total. The van der Waals surface area contributed by atoms with E-state index in [-0.39, 0.29) is 24.0 Å². The predicted molar refractivity (Wildman–Crippen MR) is 131 cm³/mol. The van der Waals surface area contributed by atoms with Gasteiger partial charge in [-0.05, 0) is 0 Å². The van der Waals surface area contributed by atoms with E-state index in [4.69, 9.17) is 9.47 Å². The topological polar surface area (TPSA) is 21.7 Å². The average molecular weight is 499 g/mol. The zero-order valence-electron chi connectivity index (χ0n) is 19.8. The second-order valence-electron chi connectivity index (χ2n) is 10.5. The fourth-order valence-corrected chi connectivity index (χ4v) is 8.28. The van der Waals surface area contributed by atoms with Gasteiger partial charge in [-0.25, -0.2) is 0 Å². The van der Waals surface area contributed by atoms with Crippen LogP contribution < -0.4 is 4.46 Å². The second kappa shape index (κ2) is 9.24. The molecule has 0 aromatic heterocycles. The number of morpholine rings is 1. The summed E-state index contributed by atoms with van der Waals surface area (Å²) in [6, 6.07) is 21.7. The van der Waals surface area contributed by atoms with E-state index in [2.05, 4.69) is 93.3 Å². The van der Waals surface area contributed by atoms with Crippen molar-refractivity contribution in [1.82, 2.24) is 4.90 Å². The first-order valence-electron chi connectivity index (χ1n) is 12.3. The molecular weight excluding hydrogens is 461 g/mol. The van der Waals surface area contributed by atoms with Crippen molar-refractivity contribution >= 4 is 19.4 Å². The molecule has 3 nitrogen and oxygen atoms in total. The van der Waals surface area contributed by atoms with Gasteiger partial charge in [0.2, 0.25) is 0 Å². The third-order valence-corrected chi connectivity index (χ3v) is 10.6. The maximum atomic E-state index is 6.92. The van der Waals surface area contributed by atoms with E-state index in [0.29, 0.717) is 31.8 Å². The SMILES string of the molecule is C[C@@H]1CC[C@@H]2[C@@H](C1)O[C@H]1[C@H](c3ccccc3)O[C@@H]([C@H](C)[Se]c3ccccc3)CN1C2(C)C. The molecule has 3 fully saturated rings. The number of ether oxygens (including phenoxy) is 2. The molecule has 2 aromatic rings. The second-order valence-corrected chi connectivity index (χ2v) is 13.6. The molecular formula is C28H37NO2Se. The van der Waals surface area contributed by atoms with Crippen LogP contribution in [0, 0.1) is 11.8 Å². The normalized spacial score (nSPS) is 35.5. The quantitative estimate of drug-likeness (QED) is 0.541. The Morgan fingerprint density at radius 2 is 1.66 bits per heavy atom. The first-order valence-corrected chi connectivity index (χ1v) is 14.1. The molecule has 32 heavy (non-hydrogen) atoms. The molecule has 2 aliphatic heterocycles. The standard InChI is InChI=1S/C28H37NO2Se/c1-19-15-16-23-24(17-19)31-27-26(21-11-7-5-8-12-21)30-25(18-29(27)28(23,3)4)20(2)32-22-13-9-6-10-14-22/h5-14,19-20,23-27H,15-18H2,1-4H3/t19-,20+,23-,24-,25-,26+,27+/m1/s1. The van der Waals surface area contributed by atoms with Crippen molar-refractivity contribution in [1.29, 1.82) is 0 Å². The van der Waals surface area contributed by atoms with Crippen LogP contribution in [0.2, 0.25) is 4.82 Å². The number of benzene rings is 2. The molecule has 5 rings (SSSR count). The van der Waals surface area contributed by atoms with Crippen molar-refractivity contribution in [3.05, 3.63) is 66.2 Å². The molecule has 4 heteroatoms. The van der Waals surface area contributed by atoms with Crippen LogP contribution in [0.15, 0.2) is 60.7 Å². The number of rotatable bonds is 4. The predicted octanol–water partition coefficient (Wildman–Crippen LogP) is 5.21. The van der Waals surface area contributed by atoms with Crippen LogP contribution in [0.5, 0.6) is 0 Å². The molecule has 0 amide bonds. The zero-order chi connectivity index (χ0) is 22.3. The van der Waals surface area contributed by atoms with Gasteiger partial charge < -0.3 is 0 Å². The molecule has 0 unspecified atom stereocenters. The first kappa shape index (κ1) is 22.6. The number of fused-ring (bicyclic) bond motifs is 2. The van der Waals surface area contributed by atoms with Gasteiger partial charge in [-0.1, -0.05) is 0 Å². The molecule has 2 saturated heterocycles. The van der Waals surface area contributed by atoms with Crippen LogP contribution in [0.4, 0.5) is 0 Å². The van der Waals surface area contributed by atoms with Crippen molar-refractivity contribution in [2.45, 2.75) is 81.9 Å². The maximum absolute atomic E-state index is 6.92. The van der Waals surface area contributed by atoms with Crippen molar-refractivity contribution in [2.75, 3.05) is 6.54 Å². The Morgan fingerprint density at radius 3 is 2.38 bits per heavy atom. The summed E-state index contributed by atoms with van der Waals surface area (Å²) in [4.78, 5) is 3.17. The van der Waals surface area contributed by atoms with Gasteiger partial charge in [-0.2, -0.15) is 0 Å². The number of hydrogen-bond donors (Lipinski definition) is 0. The Bertz CT molecular complexity index is 889. The van der Waals surface area contributed by atoms with Crippen molar-refractivity contribution in [3.63, 3.8) is 0 Å². The third-order valence-electron chi connectivity index (χ3n) is 8.00. The van der Waals surface area contributed by atoms with Gasteiger partial charge in [0, 0.05) is 0 Å². The summed E-state index contributed by atoms with van der Waals surface area (Å²) < 4.78 is 15.3. The van der Waals surface area contributed by atoms with Gasteiger partial charge in [0.05, 0.1) is 0 Å². The van der Waals surface area contributed by atoms with Gasteiger partial charge in [0.15, 0.2) is 0 Å². The first-order chi connectivity index (χ1) is 15.4. The van der Waals surface area contributed by atoms with Crippen LogP contribution in [0.25, 0.3) is 0 Å². The van der Waals surface area contributed by atoms with Crippen LogP contribution in [-0.2, 0) is 9.47 Å². The molecule has 172 valence electrons. The van der Waals surface area contributed by atoms with Crippen molar-refractivity contribution < 1.29 is 9.47 Å². The monoisotopic (exact) mass is 499 g/mol.